The zero-order chi connectivity index (χ0) is 13.4. The lowest BCUT2D eigenvalue weighted by atomic mass is 9.83. The fourth-order valence-electron chi connectivity index (χ4n) is 2.51. The van der Waals surface area contributed by atoms with E-state index in [2.05, 4.69) is 5.32 Å². The summed E-state index contributed by atoms with van der Waals surface area (Å²) in [5.41, 5.74) is 7.21. The summed E-state index contributed by atoms with van der Waals surface area (Å²) in [5.74, 6) is 1.23. The molecule has 1 aromatic rings. The van der Waals surface area contributed by atoms with Crippen LogP contribution in [0.15, 0.2) is 12.1 Å². The molecular formula is C14H17ClN2O2. The first kappa shape index (κ1) is 12.8. The Balaban J connectivity index is 1.68. The Kier molecular flexibility index (Phi) is 3.37. The number of anilines is 1. The molecule has 3 N–H and O–H groups in total. The molecule has 1 heterocycles. The van der Waals surface area contributed by atoms with Crippen molar-refractivity contribution in [1.29, 1.82) is 0 Å². The minimum absolute atomic E-state index is 0.197. The van der Waals surface area contributed by atoms with E-state index in [1.54, 1.807) is 12.1 Å². The zero-order valence-electron chi connectivity index (χ0n) is 10.6. The highest BCUT2D eigenvalue weighted by Gasteiger charge is 2.28. The minimum atomic E-state index is -0.628. The number of rotatable bonds is 4. The monoisotopic (exact) mass is 280 g/mol. The average molecular weight is 281 g/mol. The topological polar surface area (TPSA) is 64.4 Å². The zero-order valence-corrected chi connectivity index (χ0v) is 11.4. The molecule has 1 saturated carbocycles. The van der Waals surface area contributed by atoms with E-state index in [1.807, 2.05) is 0 Å². The highest BCUT2D eigenvalue weighted by Crippen LogP contribution is 2.38. The van der Waals surface area contributed by atoms with Crippen molar-refractivity contribution in [2.45, 2.75) is 31.7 Å². The summed E-state index contributed by atoms with van der Waals surface area (Å²) in [7, 11) is 0. The fraction of sp³-hybridized carbons (Fsp3) is 0.500. The van der Waals surface area contributed by atoms with Gasteiger partial charge in [-0.15, -0.1) is 0 Å². The van der Waals surface area contributed by atoms with Gasteiger partial charge in [-0.3, -0.25) is 4.79 Å². The maximum Gasteiger partial charge on any atom is 0.245 e. The molecule has 4 nitrogen and oxygen atoms in total. The summed E-state index contributed by atoms with van der Waals surface area (Å²) >= 11 is 6.16. The fourth-order valence-corrected chi connectivity index (χ4v) is 2.74. The molecule has 0 bridgehead atoms. The number of nitrogens with one attached hydrogen (secondary N) is 1. The first-order chi connectivity index (χ1) is 9.15. The first-order valence-electron chi connectivity index (χ1n) is 6.68. The maximum absolute atomic E-state index is 11.5. The van der Waals surface area contributed by atoms with Crippen molar-refractivity contribution in [3.8, 4) is 5.75 Å². The molecule has 1 aliphatic heterocycles. The average Bonchev–Trinajstić information content (AvgIpc) is 2.59. The van der Waals surface area contributed by atoms with E-state index < -0.39 is 6.04 Å². The predicted octanol–water partition coefficient (Wildman–Crippen LogP) is 2.86. The molecule has 1 amide bonds. The van der Waals surface area contributed by atoms with Gasteiger partial charge in [-0.25, -0.2) is 0 Å². The van der Waals surface area contributed by atoms with Crippen LogP contribution in [0.3, 0.4) is 0 Å². The van der Waals surface area contributed by atoms with Crippen LogP contribution in [-0.2, 0) is 4.79 Å². The van der Waals surface area contributed by atoms with Crippen molar-refractivity contribution >= 4 is 23.2 Å². The molecule has 1 aromatic carbocycles. The number of ether oxygens (including phenoxy) is 1. The van der Waals surface area contributed by atoms with Gasteiger partial charge < -0.3 is 15.8 Å². The van der Waals surface area contributed by atoms with E-state index in [1.165, 1.54) is 19.3 Å². The van der Waals surface area contributed by atoms with Crippen molar-refractivity contribution in [3.05, 3.63) is 22.7 Å². The molecule has 102 valence electrons. The Morgan fingerprint density at radius 1 is 1.42 bits per heavy atom. The lowest BCUT2D eigenvalue weighted by Gasteiger charge is -2.25. The van der Waals surface area contributed by atoms with E-state index in [0.29, 0.717) is 23.1 Å². The molecule has 0 radical (unpaired) electrons. The van der Waals surface area contributed by atoms with Crippen LogP contribution in [0.5, 0.6) is 5.75 Å². The van der Waals surface area contributed by atoms with Crippen LogP contribution < -0.4 is 15.8 Å². The molecule has 0 spiro atoms. The number of amides is 1. The molecule has 0 saturated heterocycles. The van der Waals surface area contributed by atoms with Gasteiger partial charge in [0.25, 0.3) is 0 Å². The van der Waals surface area contributed by atoms with E-state index in [0.717, 1.165) is 17.9 Å². The smallest absolute Gasteiger partial charge is 0.245 e. The molecular weight excluding hydrogens is 264 g/mol. The van der Waals surface area contributed by atoms with Gasteiger partial charge in [0.1, 0.15) is 11.8 Å². The third-order valence-electron chi connectivity index (χ3n) is 3.99. The standard InChI is InChI=1S/C14H17ClN2O2/c15-10-6-9-11(17-14(18)13(9)16)7-12(10)19-5-4-8-2-1-3-8/h6-8,13H,1-5,16H2,(H,17,18). The first-order valence-corrected chi connectivity index (χ1v) is 7.05. The summed E-state index contributed by atoms with van der Waals surface area (Å²) in [6.45, 7) is 0.670. The Morgan fingerprint density at radius 2 is 2.21 bits per heavy atom. The van der Waals surface area contributed by atoms with Crippen molar-refractivity contribution < 1.29 is 9.53 Å². The number of benzene rings is 1. The number of nitrogens with two attached hydrogens (primary N) is 1. The van der Waals surface area contributed by atoms with Crippen LogP contribution in [0.2, 0.25) is 5.02 Å². The van der Waals surface area contributed by atoms with Gasteiger partial charge in [-0.1, -0.05) is 30.9 Å². The summed E-state index contributed by atoms with van der Waals surface area (Å²) in [6, 6.07) is 2.86. The lowest BCUT2D eigenvalue weighted by Crippen LogP contribution is -2.19. The third kappa shape index (κ3) is 2.42. The SMILES string of the molecule is NC1C(=O)Nc2cc(OCCC3CCC3)c(Cl)cc21. The van der Waals surface area contributed by atoms with Crippen LogP contribution in [0.25, 0.3) is 0 Å². The summed E-state index contributed by atoms with van der Waals surface area (Å²) in [6.07, 6.45) is 5.03. The van der Waals surface area contributed by atoms with Gasteiger partial charge in [0, 0.05) is 17.3 Å². The Morgan fingerprint density at radius 3 is 2.89 bits per heavy atom. The highest BCUT2D eigenvalue weighted by molar-refractivity contribution is 6.32. The number of carbonyl (C=O) groups excluding carboxylic acids is 1. The van der Waals surface area contributed by atoms with Gasteiger partial charge in [0.15, 0.2) is 0 Å². The van der Waals surface area contributed by atoms with Crippen molar-refractivity contribution in [2.24, 2.45) is 11.7 Å². The number of carbonyl (C=O) groups is 1. The van der Waals surface area contributed by atoms with E-state index in [9.17, 15) is 4.79 Å². The molecule has 5 heteroatoms. The second kappa shape index (κ2) is 5.02. The van der Waals surface area contributed by atoms with Crippen LogP contribution >= 0.6 is 11.6 Å². The van der Waals surface area contributed by atoms with Gasteiger partial charge >= 0.3 is 0 Å². The van der Waals surface area contributed by atoms with Gasteiger partial charge in [-0.05, 0) is 18.4 Å². The maximum atomic E-state index is 11.5. The molecule has 1 fully saturated rings. The number of halogens is 1. The normalized spacial score (nSPS) is 21.8. The summed E-state index contributed by atoms with van der Waals surface area (Å²) in [4.78, 5) is 11.5. The Labute approximate surface area is 117 Å². The molecule has 3 rings (SSSR count). The second-order valence-electron chi connectivity index (χ2n) is 5.27. The van der Waals surface area contributed by atoms with Gasteiger partial charge in [-0.2, -0.15) is 0 Å². The Bertz CT molecular complexity index is 514. The van der Waals surface area contributed by atoms with Crippen LogP contribution in [0, 0.1) is 5.92 Å². The van der Waals surface area contributed by atoms with Crippen LogP contribution in [0.4, 0.5) is 5.69 Å². The molecule has 19 heavy (non-hydrogen) atoms. The van der Waals surface area contributed by atoms with E-state index in [4.69, 9.17) is 22.1 Å². The quantitative estimate of drug-likeness (QED) is 0.891. The van der Waals surface area contributed by atoms with Gasteiger partial charge in [0.05, 0.1) is 11.6 Å². The molecule has 1 atom stereocenters. The number of fused-ring (bicyclic) bond motifs is 1. The second-order valence-corrected chi connectivity index (χ2v) is 5.68. The van der Waals surface area contributed by atoms with Crippen LogP contribution in [0.1, 0.15) is 37.3 Å². The van der Waals surface area contributed by atoms with Crippen LogP contribution in [-0.4, -0.2) is 12.5 Å². The summed E-state index contributed by atoms with van der Waals surface area (Å²) < 4.78 is 5.71. The Hall–Kier alpha value is -1.26. The summed E-state index contributed by atoms with van der Waals surface area (Å²) in [5, 5.41) is 3.25. The minimum Gasteiger partial charge on any atom is -0.492 e. The van der Waals surface area contributed by atoms with E-state index >= 15 is 0 Å². The number of hydrogen-bond donors (Lipinski definition) is 2. The van der Waals surface area contributed by atoms with Crippen molar-refractivity contribution in [2.75, 3.05) is 11.9 Å². The van der Waals surface area contributed by atoms with Gasteiger partial charge in [0.2, 0.25) is 5.91 Å². The van der Waals surface area contributed by atoms with E-state index in [-0.39, 0.29) is 5.91 Å². The molecule has 1 unspecified atom stereocenters. The van der Waals surface area contributed by atoms with Crippen molar-refractivity contribution in [1.82, 2.24) is 0 Å². The van der Waals surface area contributed by atoms with Crippen molar-refractivity contribution in [3.63, 3.8) is 0 Å². The number of hydrogen-bond acceptors (Lipinski definition) is 3. The lowest BCUT2D eigenvalue weighted by molar-refractivity contribution is -0.116. The predicted molar refractivity (Wildman–Crippen MR) is 74.5 cm³/mol. The molecule has 1 aliphatic carbocycles. The molecule has 2 aliphatic rings. The third-order valence-corrected chi connectivity index (χ3v) is 4.28. The molecule has 0 aromatic heterocycles. The largest absolute Gasteiger partial charge is 0.492 e. The highest BCUT2D eigenvalue weighted by atomic mass is 35.5.